The summed E-state index contributed by atoms with van der Waals surface area (Å²) in [5, 5.41) is 3.47. The minimum atomic E-state index is 0.323. The number of carbonyl (C=O) groups excluding carboxylic acids is 1. The zero-order valence-electron chi connectivity index (χ0n) is 12.7. The topological polar surface area (TPSA) is 35.6 Å². The van der Waals surface area contributed by atoms with E-state index in [4.69, 9.17) is 0 Å². The second-order valence-corrected chi connectivity index (χ2v) is 6.13. The molecule has 0 bridgehead atoms. The number of amides is 1. The summed E-state index contributed by atoms with van der Waals surface area (Å²) in [7, 11) is 0. The molecule has 1 amide bonds. The molecule has 0 aliphatic carbocycles. The zero-order chi connectivity index (χ0) is 13.8. The predicted octanol–water partition coefficient (Wildman–Crippen LogP) is 1.17. The summed E-state index contributed by atoms with van der Waals surface area (Å²) in [6.07, 6.45) is 2.10. The molecule has 0 aromatic rings. The monoisotopic (exact) mass is 267 g/mol. The summed E-state index contributed by atoms with van der Waals surface area (Å²) in [6, 6.07) is 0.550. The van der Waals surface area contributed by atoms with Gasteiger partial charge in [-0.2, -0.15) is 0 Å². The molecule has 19 heavy (non-hydrogen) atoms. The summed E-state index contributed by atoms with van der Waals surface area (Å²) in [5.74, 6) is 1.83. The highest BCUT2D eigenvalue weighted by Crippen LogP contribution is 2.31. The molecule has 0 radical (unpaired) electrons. The average Bonchev–Trinajstić information content (AvgIpc) is 2.94. The Morgan fingerprint density at radius 1 is 1.26 bits per heavy atom. The minimum absolute atomic E-state index is 0.323. The summed E-state index contributed by atoms with van der Waals surface area (Å²) in [4.78, 5) is 16.9. The Bertz CT molecular complexity index is 302. The van der Waals surface area contributed by atoms with E-state index >= 15 is 0 Å². The normalized spacial score (nSPS) is 30.6. The number of likely N-dealkylation sites (tertiary alicyclic amines) is 1. The van der Waals surface area contributed by atoms with Crippen LogP contribution in [0.25, 0.3) is 0 Å². The van der Waals surface area contributed by atoms with Crippen LogP contribution in [0.15, 0.2) is 0 Å². The number of rotatable bonds is 6. The van der Waals surface area contributed by atoms with Gasteiger partial charge in [0, 0.05) is 25.7 Å². The Kier molecular flexibility index (Phi) is 5.22. The van der Waals surface area contributed by atoms with E-state index in [1.54, 1.807) is 0 Å². The molecule has 3 atom stereocenters. The van der Waals surface area contributed by atoms with Crippen LogP contribution in [-0.4, -0.2) is 61.0 Å². The van der Waals surface area contributed by atoms with Crippen LogP contribution < -0.4 is 5.32 Å². The van der Waals surface area contributed by atoms with Gasteiger partial charge >= 0.3 is 0 Å². The van der Waals surface area contributed by atoms with Crippen LogP contribution in [0.5, 0.6) is 0 Å². The molecule has 2 rings (SSSR count). The quantitative estimate of drug-likeness (QED) is 0.785. The fraction of sp³-hybridized carbons (Fsp3) is 0.933. The van der Waals surface area contributed by atoms with E-state index in [1.165, 1.54) is 0 Å². The first-order valence-corrected chi connectivity index (χ1v) is 7.89. The van der Waals surface area contributed by atoms with Crippen LogP contribution in [0.3, 0.4) is 0 Å². The molecule has 3 unspecified atom stereocenters. The molecule has 2 aliphatic rings. The van der Waals surface area contributed by atoms with Gasteiger partial charge < -0.3 is 10.2 Å². The van der Waals surface area contributed by atoms with Gasteiger partial charge in [0.05, 0.1) is 6.54 Å². The zero-order valence-corrected chi connectivity index (χ0v) is 12.7. The predicted molar refractivity (Wildman–Crippen MR) is 78.0 cm³/mol. The number of carbonyl (C=O) groups is 1. The summed E-state index contributed by atoms with van der Waals surface area (Å²) in [6.45, 7) is 12.4. The molecule has 2 saturated heterocycles. The lowest BCUT2D eigenvalue weighted by Crippen LogP contribution is -2.43. The molecular weight excluding hydrogens is 238 g/mol. The van der Waals surface area contributed by atoms with Crippen LogP contribution in [0, 0.1) is 11.8 Å². The van der Waals surface area contributed by atoms with Gasteiger partial charge in [0.25, 0.3) is 0 Å². The first-order valence-electron chi connectivity index (χ1n) is 7.89. The molecule has 0 aromatic carbocycles. The van der Waals surface area contributed by atoms with Gasteiger partial charge in [0.1, 0.15) is 0 Å². The fourth-order valence-electron chi connectivity index (χ4n) is 3.64. The van der Waals surface area contributed by atoms with Crippen molar-refractivity contribution in [3.05, 3.63) is 0 Å². The maximum absolute atomic E-state index is 12.4. The summed E-state index contributed by atoms with van der Waals surface area (Å²) in [5.41, 5.74) is 0. The highest BCUT2D eigenvalue weighted by molar-refractivity contribution is 5.78. The van der Waals surface area contributed by atoms with Crippen LogP contribution >= 0.6 is 0 Å². The molecule has 2 heterocycles. The van der Waals surface area contributed by atoms with Crippen molar-refractivity contribution in [2.75, 3.05) is 39.3 Å². The van der Waals surface area contributed by atoms with E-state index in [0.717, 1.165) is 57.4 Å². The second kappa shape index (κ2) is 6.71. The van der Waals surface area contributed by atoms with Crippen molar-refractivity contribution in [1.29, 1.82) is 0 Å². The molecule has 2 aliphatic heterocycles. The van der Waals surface area contributed by atoms with Crippen molar-refractivity contribution in [3.8, 4) is 0 Å². The summed E-state index contributed by atoms with van der Waals surface area (Å²) >= 11 is 0. The third-order valence-corrected chi connectivity index (χ3v) is 4.73. The van der Waals surface area contributed by atoms with Crippen LogP contribution in [0.4, 0.5) is 0 Å². The molecule has 1 N–H and O–H groups in total. The Hall–Kier alpha value is -0.610. The van der Waals surface area contributed by atoms with Crippen molar-refractivity contribution in [2.24, 2.45) is 11.8 Å². The van der Waals surface area contributed by atoms with E-state index < -0.39 is 0 Å². The molecule has 110 valence electrons. The summed E-state index contributed by atoms with van der Waals surface area (Å²) < 4.78 is 0. The first kappa shape index (κ1) is 14.8. The molecule has 0 aromatic heterocycles. The van der Waals surface area contributed by atoms with Crippen LogP contribution in [-0.2, 0) is 4.79 Å². The van der Waals surface area contributed by atoms with Gasteiger partial charge in [-0.25, -0.2) is 0 Å². The molecule has 4 heteroatoms. The van der Waals surface area contributed by atoms with Gasteiger partial charge in [-0.1, -0.05) is 13.8 Å². The lowest BCUT2D eigenvalue weighted by atomic mass is 9.95. The van der Waals surface area contributed by atoms with Gasteiger partial charge in [-0.05, 0) is 44.7 Å². The van der Waals surface area contributed by atoms with Crippen molar-refractivity contribution < 1.29 is 4.79 Å². The Labute approximate surface area is 117 Å². The second-order valence-electron chi connectivity index (χ2n) is 6.13. The van der Waals surface area contributed by atoms with Crippen molar-refractivity contribution >= 4 is 5.91 Å². The number of hydrogen-bond acceptors (Lipinski definition) is 3. The van der Waals surface area contributed by atoms with Gasteiger partial charge in [0.15, 0.2) is 0 Å². The number of nitrogens with one attached hydrogen (secondary N) is 1. The Balaban J connectivity index is 1.87. The molecule has 4 nitrogen and oxygen atoms in total. The molecule has 0 spiro atoms. The standard InChI is InChI=1S/C15H29N3O/c1-4-6-17(7-5-2)15(19)11-18-10-13-8-16-9-14(13)12(18)3/h12-14,16H,4-11H2,1-3H3. The maximum Gasteiger partial charge on any atom is 0.236 e. The van der Waals surface area contributed by atoms with Crippen LogP contribution in [0.2, 0.25) is 0 Å². The highest BCUT2D eigenvalue weighted by Gasteiger charge is 2.42. The minimum Gasteiger partial charge on any atom is -0.342 e. The molecule has 0 saturated carbocycles. The lowest BCUT2D eigenvalue weighted by molar-refractivity contribution is -0.132. The fourth-order valence-corrected chi connectivity index (χ4v) is 3.64. The van der Waals surface area contributed by atoms with Gasteiger partial charge in [-0.15, -0.1) is 0 Å². The Morgan fingerprint density at radius 3 is 2.53 bits per heavy atom. The SMILES string of the molecule is CCCN(CCC)C(=O)CN1CC2CNCC2C1C. The third kappa shape index (κ3) is 3.29. The van der Waals surface area contributed by atoms with Crippen molar-refractivity contribution in [3.63, 3.8) is 0 Å². The van der Waals surface area contributed by atoms with E-state index in [9.17, 15) is 4.79 Å². The molecule has 2 fully saturated rings. The number of fused-ring (bicyclic) bond motifs is 1. The van der Waals surface area contributed by atoms with Crippen molar-refractivity contribution in [2.45, 2.75) is 39.7 Å². The van der Waals surface area contributed by atoms with Gasteiger partial charge in [-0.3, -0.25) is 9.69 Å². The smallest absolute Gasteiger partial charge is 0.236 e. The highest BCUT2D eigenvalue weighted by atomic mass is 16.2. The third-order valence-electron chi connectivity index (χ3n) is 4.73. The van der Waals surface area contributed by atoms with E-state index in [2.05, 4.69) is 31.0 Å². The number of hydrogen-bond donors (Lipinski definition) is 1. The lowest BCUT2D eigenvalue weighted by Gasteiger charge is -2.28. The Morgan fingerprint density at radius 2 is 1.95 bits per heavy atom. The number of nitrogens with zero attached hydrogens (tertiary/aromatic N) is 2. The van der Waals surface area contributed by atoms with E-state index in [1.807, 2.05) is 4.90 Å². The largest absolute Gasteiger partial charge is 0.342 e. The van der Waals surface area contributed by atoms with E-state index in [0.29, 0.717) is 18.5 Å². The van der Waals surface area contributed by atoms with Gasteiger partial charge in [0.2, 0.25) is 5.91 Å². The first-order chi connectivity index (χ1) is 9.17. The maximum atomic E-state index is 12.4. The average molecular weight is 267 g/mol. The van der Waals surface area contributed by atoms with Crippen molar-refractivity contribution in [1.82, 2.24) is 15.1 Å². The molecular formula is C15H29N3O. The van der Waals surface area contributed by atoms with E-state index in [-0.39, 0.29) is 0 Å². The van der Waals surface area contributed by atoms with Crippen LogP contribution in [0.1, 0.15) is 33.6 Å².